The van der Waals surface area contributed by atoms with E-state index in [1.54, 1.807) is 50.2 Å². The minimum Gasteiger partial charge on any atom is -0.480 e. The number of hydrogen-bond donors (Lipinski definition) is 2. The number of rotatable bonds is 6. The fourth-order valence-electron chi connectivity index (χ4n) is 4.14. The summed E-state index contributed by atoms with van der Waals surface area (Å²) in [7, 11) is 0. The van der Waals surface area contributed by atoms with Crippen molar-refractivity contribution in [3.05, 3.63) is 89.0 Å². The molecule has 0 fully saturated rings. The number of anilines is 1. The maximum atomic E-state index is 13.8. The molecular weight excluding hydrogens is 442 g/mol. The van der Waals surface area contributed by atoms with Crippen molar-refractivity contribution in [1.82, 2.24) is 4.90 Å². The SMILES string of the molecule is CC(C)[C@@H](C(=O)O)N1Cc2cc(-c3ccc(NC(=O)c4ccc(F)cc4F)cc3)ccc2C1=O. The summed E-state index contributed by atoms with van der Waals surface area (Å²) in [5, 5.41) is 12.1. The summed E-state index contributed by atoms with van der Waals surface area (Å²) in [6.45, 7) is 3.76. The number of hydrogen-bond acceptors (Lipinski definition) is 3. The van der Waals surface area contributed by atoms with E-state index in [4.69, 9.17) is 0 Å². The lowest BCUT2D eigenvalue weighted by atomic mass is 10.0. The Morgan fingerprint density at radius 1 is 0.971 bits per heavy atom. The molecule has 0 unspecified atom stereocenters. The monoisotopic (exact) mass is 464 g/mol. The highest BCUT2D eigenvalue weighted by atomic mass is 19.1. The molecule has 8 heteroatoms. The highest BCUT2D eigenvalue weighted by Gasteiger charge is 2.38. The number of amides is 2. The van der Waals surface area contributed by atoms with Gasteiger partial charge in [0.1, 0.15) is 17.7 Å². The summed E-state index contributed by atoms with van der Waals surface area (Å²) in [6, 6.07) is 14.0. The first-order valence-electron chi connectivity index (χ1n) is 10.7. The molecule has 3 aromatic rings. The number of benzene rings is 3. The highest BCUT2D eigenvalue weighted by Crippen LogP contribution is 2.31. The van der Waals surface area contributed by atoms with E-state index in [0.717, 1.165) is 28.8 Å². The van der Waals surface area contributed by atoms with Crippen molar-refractivity contribution in [3.63, 3.8) is 0 Å². The van der Waals surface area contributed by atoms with Gasteiger partial charge >= 0.3 is 5.97 Å². The van der Waals surface area contributed by atoms with E-state index in [0.29, 0.717) is 17.3 Å². The van der Waals surface area contributed by atoms with Gasteiger partial charge in [0.15, 0.2) is 0 Å². The van der Waals surface area contributed by atoms with Crippen LogP contribution in [0.15, 0.2) is 60.7 Å². The molecule has 0 saturated carbocycles. The van der Waals surface area contributed by atoms with Gasteiger partial charge < -0.3 is 15.3 Å². The molecule has 2 amide bonds. The summed E-state index contributed by atoms with van der Waals surface area (Å²) in [5.41, 5.74) is 3.05. The van der Waals surface area contributed by atoms with Crippen LogP contribution in [0.4, 0.5) is 14.5 Å². The standard InChI is InChI=1S/C26H22F2N2O4/c1-14(2)23(26(33)34)30-13-17-11-16(5-9-20(17)25(30)32)15-3-7-19(8-4-15)29-24(31)21-10-6-18(27)12-22(21)28/h3-12,14,23H,13H2,1-2H3,(H,29,31)(H,33,34)/t23-/m0/s1. The lowest BCUT2D eigenvalue weighted by Gasteiger charge is -2.27. The number of carboxylic acid groups (broad SMARTS) is 1. The Balaban J connectivity index is 1.52. The van der Waals surface area contributed by atoms with E-state index >= 15 is 0 Å². The first-order chi connectivity index (χ1) is 16.2. The summed E-state index contributed by atoms with van der Waals surface area (Å²) in [5.74, 6) is -3.97. The van der Waals surface area contributed by atoms with Crippen LogP contribution in [-0.2, 0) is 11.3 Å². The third-order valence-corrected chi connectivity index (χ3v) is 5.81. The van der Waals surface area contributed by atoms with Crippen molar-refractivity contribution in [2.45, 2.75) is 26.4 Å². The highest BCUT2D eigenvalue weighted by molar-refractivity contribution is 6.04. The number of nitrogens with one attached hydrogen (secondary N) is 1. The Hall–Kier alpha value is -4.07. The number of fused-ring (bicyclic) bond motifs is 1. The minimum absolute atomic E-state index is 0.217. The van der Waals surface area contributed by atoms with Gasteiger partial charge in [0.25, 0.3) is 11.8 Å². The van der Waals surface area contributed by atoms with Crippen molar-refractivity contribution >= 4 is 23.5 Å². The van der Waals surface area contributed by atoms with E-state index in [1.165, 1.54) is 4.90 Å². The molecule has 174 valence electrons. The zero-order chi connectivity index (χ0) is 24.6. The van der Waals surface area contributed by atoms with Crippen LogP contribution in [0.1, 0.15) is 40.1 Å². The molecule has 0 bridgehead atoms. The average Bonchev–Trinajstić information content (AvgIpc) is 3.09. The van der Waals surface area contributed by atoms with Crippen LogP contribution in [0.2, 0.25) is 0 Å². The molecule has 0 saturated heterocycles. The molecule has 34 heavy (non-hydrogen) atoms. The van der Waals surface area contributed by atoms with Gasteiger partial charge in [-0.2, -0.15) is 0 Å². The Morgan fingerprint density at radius 2 is 1.65 bits per heavy atom. The van der Waals surface area contributed by atoms with E-state index in [1.807, 2.05) is 6.07 Å². The fourth-order valence-corrected chi connectivity index (χ4v) is 4.14. The summed E-state index contributed by atoms with van der Waals surface area (Å²) in [6.07, 6.45) is 0. The molecule has 0 aliphatic carbocycles. The molecule has 1 aliphatic heterocycles. The van der Waals surface area contributed by atoms with Crippen molar-refractivity contribution in [2.24, 2.45) is 5.92 Å². The van der Waals surface area contributed by atoms with Crippen molar-refractivity contribution in [2.75, 3.05) is 5.32 Å². The molecule has 1 heterocycles. The maximum absolute atomic E-state index is 13.8. The van der Waals surface area contributed by atoms with Crippen molar-refractivity contribution in [3.8, 4) is 11.1 Å². The molecule has 0 radical (unpaired) electrons. The first-order valence-corrected chi connectivity index (χ1v) is 10.7. The first kappa shape index (κ1) is 23.1. The van der Waals surface area contributed by atoms with Crippen LogP contribution in [-0.4, -0.2) is 33.8 Å². The zero-order valence-electron chi connectivity index (χ0n) is 18.5. The molecule has 1 aliphatic rings. The third-order valence-electron chi connectivity index (χ3n) is 5.81. The molecule has 1 atom stereocenters. The number of carboxylic acids is 1. The Labute approximate surface area is 194 Å². The molecule has 3 aromatic carbocycles. The average molecular weight is 464 g/mol. The van der Waals surface area contributed by atoms with Crippen LogP contribution in [0.5, 0.6) is 0 Å². The molecule has 6 nitrogen and oxygen atoms in total. The van der Waals surface area contributed by atoms with Gasteiger partial charge in [0.2, 0.25) is 0 Å². The van der Waals surface area contributed by atoms with Gasteiger partial charge in [0, 0.05) is 23.9 Å². The minimum atomic E-state index is -1.03. The van der Waals surface area contributed by atoms with E-state index < -0.39 is 29.6 Å². The number of carbonyl (C=O) groups is 3. The number of halogens is 2. The van der Waals surface area contributed by atoms with Crippen LogP contribution >= 0.6 is 0 Å². The van der Waals surface area contributed by atoms with E-state index in [-0.39, 0.29) is 23.9 Å². The predicted molar refractivity (Wildman–Crippen MR) is 122 cm³/mol. The van der Waals surface area contributed by atoms with E-state index in [9.17, 15) is 28.3 Å². The molecular formula is C26H22F2N2O4. The van der Waals surface area contributed by atoms with Crippen LogP contribution < -0.4 is 5.32 Å². The maximum Gasteiger partial charge on any atom is 0.326 e. The normalized spacial score (nSPS) is 13.7. The Morgan fingerprint density at radius 3 is 2.26 bits per heavy atom. The fraction of sp³-hybridized carbons (Fsp3) is 0.192. The second kappa shape index (κ2) is 9.05. The lowest BCUT2D eigenvalue weighted by molar-refractivity contribution is -0.144. The molecule has 4 rings (SSSR count). The number of aliphatic carboxylic acids is 1. The number of carbonyl (C=O) groups excluding carboxylic acids is 2. The van der Waals surface area contributed by atoms with Crippen molar-refractivity contribution < 1.29 is 28.3 Å². The van der Waals surface area contributed by atoms with Gasteiger partial charge in [-0.15, -0.1) is 0 Å². The van der Waals surface area contributed by atoms with Crippen LogP contribution in [0, 0.1) is 17.6 Å². The Bertz CT molecular complexity index is 1290. The second-order valence-corrected chi connectivity index (χ2v) is 8.49. The van der Waals surface area contributed by atoms with Gasteiger partial charge in [-0.1, -0.05) is 32.0 Å². The smallest absolute Gasteiger partial charge is 0.326 e. The predicted octanol–water partition coefficient (Wildman–Crippen LogP) is 4.95. The number of nitrogens with zero attached hydrogens (tertiary/aromatic N) is 1. The summed E-state index contributed by atoms with van der Waals surface area (Å²) in [4.78, 5) is 38.1. The molecule has 0 aromatic heterocycles. The largest absolute Gasteiger partial charge is 0.480 e. The second-order valence-electron chi connectivity index (χ2n) is 8.49. The summed E-state index contributed by atoms with van der Waals surface area (Å²) < 4.78 is 26.9. The van der Waals surface area contributed by atoms with Crippen molar-refractivity contribution in [1.29, 1.82) is 0 Å². The molecule has 2 N–H and O–H groups in total. The van der Waals surface area contributed by atoms with Gasteiger partial charge in [-0.05, 0) is 59.0 Å². The quantitative estimate of drug-likeness (QED) is 0.541. The van der Waals surface area contributed by atoms with Crippen LogP contribution in [0.3, 0.4) is 0 Å². The summed E-state index contributed by atoms with van der Waals surface area (Å²) >= 11 is 0. The lowest BCUT2D eigenvalue weighted by Crippen LogP contribution is -2.44. The molecule has 0 spiro atoms. The van der Waals surface area contributed by atoms with Gasteiger partial charge in [0.05, 0.1) is 5.56 Å². The van der Waals surface area contributed by atoms with Gasteiger partial charge in [-0.3, -0.25) is 9.59 Å². The topological polar surface area (TPSA) is 86.7 Å². The Kier molecular flexibility index (Phi) is 6.15. The third kappa shape index (κ3) is 4.39. The zero-order valence-corrected chi connectivity index (χ0v) is 18.5. The van der Waals surface area contributed by atoms with Gasteiger partial charge in [-0.25, -0.2) is 13.6 Å². The van der Waals surface area contributed by atoms with Crippen LogP contribution in [0.25, 0.3) is 11.1 Å². The van der Waals surface area contributed by atoms with E-state index in [2.05, 4.69) is 5.32 Å².